The van der Waals surface area contributed by atoms with Crippen molar-refractivity contribution >= 4 is 0 Å². The van der Waals surface area contributed by atoms with Gasteiger partial charge in [-0.15, -0.1) is 0 Å². The lowest BCUT2D eigenvalue weighted by Gasteiger charge is -2.38. The molecule has 1 heterocycles. The van der Waals surface area contributed by atoms with Gasteiger partial charge in [0.1, 0.15) is 0 Å². The predicted octanol–water partition coefficient (Wildman–Crippen LogP) is 1.15. The van der Waals surface area contributed by atoms with E-state index in [9.17, 15) is 0 Å². The van der Waals surface area contributed by atoms with Crippen LogP contribution in [0.2, 0.25) is 0 Å². The van der Waals surface area contributed by atoms with E-state index in [-0.39, 0.29) is 0 Å². The van der Waals surface area contributed by atoms with Crippen LogP contribution in [0.25, 0.3) is 0 Å². The van der Waals surface area contributed by atoms with Crippen molar-refractivity contribution in [3.8, 4) is 0 Å². The van der Waals surface area contributed by atoms with E-state index in [2.05, 4.69) is 29.0 Å². The zero-order chi connectivity index (χ0) is 11.4. The molecule has 1 N–H and O–H groups in total. The molecule has 2 aliphatic rings. The summed E-state index contributed by atoms with van der Waals surface area (Å²) in [5.74, 6) is 0. The van der Waals surface area contributed by atoms with E-state index >= 15 is 0 Å². The van der Waals surface area contributed by atoms with E-state index in [1.54, 1.807) is 0 Å². The van der Waals surface area contributed by atoms with E-state index in [0.717, 1.165) is 18.6 Å². The number of hydrogen-bond acceptors (Lipinski definition) is 3. The molecule has 0 aromatic rings. The third kappa shape index (κ3) is 3.44. The van der Waals surface area contributed by atoms with Gasteiger partial charge in [0, 0.05) is 38.3 Å². The summed E-state index contributed by atoms with van der Waals surface area (Å²) in [5, 5.41) is 3.42. The van der Waals surface area contributed by atoms with Gasteiger partial charge in [0.2, 0.25) is 0 Å². The maximum Gasteiger partial charge on any atom is 0.0113 e. The van der Waals surface area contributed by atoms with Gasteiger partial charge in [0.15, 0.2) is 0 Å². The van der Waals surface area contributed by atoms with Crippen molar-refractivity contribution in [3.05, 3.63) is 0 Å². The van der Waals surface area contributed by atoms with Crippen molar-refractivity contribution in [2.75, 3.05) is 39.3 Å². The minimum absolute atomic E-state index is 0.750. The highest BCUT2D eigenvalue weighted by Gasteiger charge is 2.31. The molecule has 2 rings (SSSR count). The molecule has 3 nitrogen and oxygen atoms in total. The van der Waals surface area contributed by atoms with Crippen molar-refractivity contribution in [2.24, 2.45) is 0 Å². The van der Waals surface area contributed by atoms with Gasteiger partial charge < -0.3 is 5.32 Å². The summed E-state index contributed by atoms with van der Waals surface area (Å²) < 4.78 is 0. The molecule has 0 radical (unpaired) electrons. The second-order valence-electron chi connectivity index (χ2n) is 5.29. The van der Waals surface area contributed by atoms with Crippen molar-refractivity contribution in [3.63, 3.8) is 0 Å². The van der Waals surface area contributed by atoms with Crippen LogP contribution < -0.4 is 5.32 Å². The molecule has 1 saturated heterocycles. The fourth-order valence-electron chi connectivity index (χ4n) is 2.65. The molecule has 1 aliphatic heterocycles. The molecule has 94 valence electrons. The number of hydrogen-bond donors (Lipinski definition) is 1. The topological polar surface area (TPSA) is 18.5 Å². The van der Waals surface area contributed by atoms with Gasteiger partial charge in [-0.1, -0.05) is 6.92 Å². The minimum atomic E-state index is 0.750. The molecule has 1 saturated carbocycles. The molecular formula is C13H27N3. The van der Waals surface area contributed by atoms with Crippen LogP contribution in [0, 0.1) is 0 Å². The smallest absolute Gasteiger partial charge is 0.0113 e. The Morgan fingerprint density at radius 3 is 2.44 bits per heavy atom. The third-order valence-electron chi connectivity index (χ3n) is 4.02. The summed E-state index contributed by atoms with van der Waals surface area (Å²) in [5.41, 5.74) is 0. The zero-order valence-corrected chi connectivity index (χ0v) is 10.9. The quantitative estimate of drug-likeness (QED) is 0.684. The predicted molar refractivity (Wildman–Crippen MR) is 68.8 cm³/mol. The molecule has 3 heteroatoms. The fourth-order valence-corrected chi connectivity index (χ4v) is 2.65. The van der Waals surface area contributed by atoms with Crippen molar-refractivity contribution < 1.29 is 0 Å². The SMILES string of the molecule is CCNCCC(C)N1CCN(C2CC2)CC1. The number of rotatable bonds is 6. The highest BCUT2D eigenvalue weighted by atomic mass is 15.3. The molecule has 0 amide bonds. The third-order valence-corrected chi connectivity index (χ3v) is 4.02. The Morgan fingerprint density at radius 2 is 1.88 bits per heavy atom. The number of nitrogens with one attached hydrogen (secondary N) is 1. The molecule has 0 aromatic carbocycles. The number of nitrogens with zero attached hydrogens (tertiary/aromatic N) is 2. The molecule has 2 fully saturated rings. The first-order valence-corrected chi connectivity index (χ1v) is 7.00. The van der Waals surface area contributed by atoms with Crippen LogP contribution in [-0.2, 0) is 0 Å². The lowest BCUT2D eigenvalue weighted by atomic mass is 10.1. The Balaban J connectivity index is 1.62. The summed E-state index contributed by atoms with van der Waals surface area (Å²) >= 11 is 0. The standard InChI is InChI=1S/C13H27N3/c1-3-14-7-6-12(2)15-8-10-16(11-9-15)13-4-5-13/h12-14H,3-11H2,1-2H3. The van der Waals surface area contributed by atoms with Gasteiger partial charge >= 0.3 is 0 Å². The van der Waals surface area contributed by atoms with Crippen LogP contribution in [0.15, 0.2) is 0 Å². The van der Waals surface area contributed by atoms with Gasteiger partial charge in [-0.25, -0.2) is 0 Å². The van der Waals surface area contributed by atoms with Crippen LogP contribution >= 0.6 is 0 Å². The molecule has 0 aromatic heterocycles. The molecule has 1 unspecified atom stereocenters. The Bertz CT molecular complexity index is 195. The first kappa shape index (κ1) is 12.3. The first-order chi connectivity index (χ1) is 7.81. The van der Waals surface area contributed by atoms with E-state index in [4.69, 9.17) is 0 Å². The van der Waals surface area contributed by atoms with Crippen molar-refractivity contribution in [2.45, 2.75) is 45.2 Å². The zero-order valence-electron chi connectivity index (χ0n) is 10.9. The Labute approximate surface area is 100 Å². The maximum atomic E-state index is 3.42. The van der Waals surface area contributed by atoms with Crippen molar-refractivity contribution in [1.82, 2.24) is 15.1 Å². The van der Waals surface area contributed by atoms with Crippen LogP contribution in [0.5, 0.6) is 0 Å². The molecule has 0 spiro atoms. The molecule has 1 aliphatic carbocycles. The van der Waals surface area contributed by atoms with Crippen LogP contribution in [-0.4, -0.2) is 61.2 Å². The largest absolute Gasteiger partial charge is 0.317 e. The Kier molecular flexibility index (Phi) is 4.62. The lowest BCUT2D eigenvalue weighted by molar-refractivity contribution is 0.0942. The molecule has 16 heavy (non-hydrogen) atoms. The molecular weight excluding hydrogens is 198 g/mol. The highest BCUT2D eigenvalue weighted by Crippen LogP contribution is 2.27. The van der Waals surface area contributed by atoms with Crippen molar-refractivity contribution in [1.29, 1.82) is 0 Å². The maximum absolute atomic E-state index is 3.42. The van der Waals surface area contributed by atoms with Gasteiger partial charge in [0.05, 0.1) is 0 Å². The molecule has 0 bridgehead atoms. The summed E-state index contributed by atoms with van der Waals surface area (Å²) in [7, 11) is 0. The normalized spacial score (nSPS) is 25.9. The second kappa shape index (κ2) is 5.99. The Hall–Kier alpha value is -0.120. The number of piperazine rings is 1. The second-order valence-corrected chi connectivity index (χ2v) is 5.29. The Morgan fingerprint density at radius 1 is 1.19 bits per heavy atom. The van der Waals surface area contributed by atoms with Gasteiger partial charge in [-0.2, -0.15) is 0 Å². The summed E-state index contributed by atoms with van der Waals surface area (Å²) in [6.07, 6.45) is 4.20. The minimum Gasteiger partial charge on any atom is -0.317 e. The van der Waals surface area contributed by atoms with Gasteiger partial charge in [0.25, 0.3) is 0 Å². The average molecular weight is 225 g/mol. The summed E-state index contributed by atoms with van der Waals surface area (Å²) in [6.45, 7) is 12.0. The first-order valence-electron chi connectivity index (χ1n) is 7.00. The lowest BCUT2D eigenvalue weighted by Crippen LogP contribution is -2.50. The summed E-state index contributed by atoms with van der Waals surface area (Å²) in [4.78, 5) is 5.35. The van der Waals surface area contributed by atoms with Crippen LogP contribution in [0.4, 0.5) is 0 Å². The summed E-state index contributed by atoms with van der Waals surface area (Å²) in [6, 6.07) is 1.71. The van der Waals surface area contributed by atoms with E-state index in [0.29, 0.717) is 0 Å². The van der Waals surface area contributed by atoms with Crippen LogP contribution in [0.3, 0.4) is 0 Å². The fraction of sp³-hybridized carbons (Fsp3) is 1.00. The van der Waals surface area contributed by atoms with Gasteiger partial charge in [-0.3, -0.25) is 9.80 Å². The van der Waals surface area contributed by atoms with E-state index in [1.807, 2.05) is 0 Å². The van der Waals surface area contributed by atoms with E-state index in [1.165, 1.54) is 52.0 Å². The highest BCUT2D eigenvalue weighted by molar-refractivity contribution is 4.88. The molecule has 1 atom stereocenters. The van der Waals surface area contributed by atoms with E-state index < -0.39 is 0 Å². The monoisotopic (exact) mass is 225 g/mol. The van der Waals surface area contributed by atoms with Gasteiger partial charge in [-0.05, 0) is 39.3 Å². The average Bonchev–Trinajstić information content (AvgIpc) is 3.13. The van der Waals surface area contributed by atoms with Crippen LogP contribution in [0.1, 0.15) is 33.1 Å².